The van der Waals surface area contributed by atoms with Gasteiger partial charge in [-0.15, -0.1) is 0 Å². The maximum atomic E-state index is 13.1. The highest BCUT2D eigenvalue weighted by Crippen LogP contribution is 2.27. The topological polar surface area (TPSA) is 190 Å². The standard InChI is InChI=1S/C9H11FN2O6.C4H4N2O2/c10-3-1-12(9(17)11-7(3)16)8-6(15)5(14)4(2-13)18-8;7-3-1-2-5-4(8)6-3/h1,4-6,8,13-15H,2H2,(H,11,16,17);1-2H,(H2,5,6,7,8)/t4-,5-,6-,8-;/m1./s1. The van der Waals surface area contributed by atoms with Crippen molar-refractivity contribution in [2.75, 3.05) is 6.61 Å². The molecule has 1 aliphatic rings. The number of hydrogen-bond donors (Lipinski definition) is 6. The number of aromatic nitrogens is 4. The Bertz CT molecular complexity index is 954. The SMILES string of the molecule is O=c1[nH]c(=O)n([C@@H]2O[C@H](CO)[C@@H](O)[C@H]2O)cc1F.O=c1cc[nH]c(=O)[nH]1. The molecule has 1 fully saturated rings. The van der Waals surface area contributed by atoms with Gasteiger partial charge in [0.2, 0.25) is 5.82 Å². The molecule has 3 rings (SSSR count). The van der Waals surface area contributed by atoms with Gasteiger partial charge in [0.25, 0.3) is 11.1 Å². The van der Waals surface area contributed by atoms with Crippen LogP contribution >= 0.6 is 0 Å². The molecular weight excluding hydrogens is 359 g/mol. The van der Waals surface area contributed by atoms with Gasteiger partial charge in [-0.05, 0) is 0 Å². The first kappa shape index (κ1) is 19.5. The summed E-state index contributed by atoms with van der Waals surface area (Å²) < 4.78 is 18.7. The summed E-state index contributed by atoms with van der Waals surface area (Å²) in [5.74, 6) is -1.23. The second kappa shape index (κ2) is 8.01. The van der Waals surface area contributed by atoms with Crippen LogP contribution in [-0.2, 0) is 4.74 Å². The Kier molecular flexibility index (Phi) is 5.99. The summed E-state index contributed by atoms with van der Waals surface area (Å²) in [6, 6.07) is 1.24. The highest BCUT2D eigenvalue weighted by atomic mass is 19.1. The maximum Gasteiger partial charge on any atom is 0.330 e. The summed E-state index contributed by atoms with van der Waals surface area (Å²) in [7, 11) is 0. The molecule has 12 nitrogen and oxygen atoms in total. The van der Waals surface area contributed by atoms with Gasteiger partial charge in [0, 0.05) is 12.3 Å². The molecule has 0 bridgehead atoms. The second-order valence-electron chi connectivity index (χ2n) is 5.17. The maximum absolute atomic E-state index is 13.1. The number of aromatic amines is 3. The van der Waals surface area contributed by atoms with E-state index in [0.29, 0.717) is 10.8 Å². The fourth-order valence-corrected chi connectivity index (χ4v) is 2.14. The van der Waals surface area contributed by atoms with E-state index in [1.54, 1.807) is 4.98 Å². The summed E-state index contributed by atoms with van der Waals surface area (Å²) in [5.41, 5.74) is -3.04. The minimum absolute atomic E-state index is 0.381. The van der Waals surface area contributed by atoms with E-state index in [-0.39, 0.29) is 5.56 Å². The molecule has 1 aliphatic heterocycles. The highest BCUT2D eigenvalue weighted by Gasteiger charge is 2.43. The van der Waals surface area contributed by atoms with Crippen molar-refractivity contribution in [3.8, 4) is 0 Å². The fraction of sp³-hybridized carbons (Fsp3) is 0.385. The zero-order valence-corrected chi connectivity index (χ0v) is 13.0. The normalized spacial score (nSPS) is 24.8. The predicted octanol–water partition coefficient (Wildman–Crippen LogP) is -3.65. The van der Waals surface area contributed by atoms with Gasteiger partial charge >= 0.3 is 11.4 Å². The average Bonchev–Trinajstić information content (AvgIpc) is 2.86. The number of nitrogens with zero attached hydrogens (tertiary/aromatic N) is 1. The summed E-state index contributed by atoms with van der Waals surface area (Å²) in [4.78, 5) is 48.6. The monoisotopic (exact) mass is 374 g/mol. The quantitative estimate of drug-likeness (QED) is 0.310. The van der Waals surface area contributed by atoms with E-state index in [1.165, 1.54) is 12.3 Å². The third-order valence-electron chi connectivity index (χ3n) is 3.40. The molecule has 26 heavy (non-hydrogen) atoms. The van der Waals surface area contributed by atoms with Crippen LogP contribution in [0.25, 0.3) is 0 Å². The third kappa shape index (κ3) is 4.20. The molecule has 1 saturated heterocycles. The number of halogens is 1. The molecular formula is C13H15FN4O8. The fourth-order valence-electron chi connectivity index (χ4n) is 2.14. The van der Waals surface area contributed by atoms with E-state index in [0.717, 1.165) is 0 Å². The largest absolute Gasteiger partial charge is 0.394 e. The molecule has 0 aliphatic carbocycles. The molecule has 0 spiro atoms. The first-order valence-corrected chi connectivity index (χ1v) is 7.16. The molecule has 3 heterocycles. The van der Waals surface area contributed by atoms with Gasteiger partial charge in [-0.1, -0.05) is 0 Å². The Morgan fingerprint density at radius 3 is 2.35 bits per heavy atom. The molecule has 0 unspecified atom stereocenters. The Labute approximate surface area is 142 Å². The van der Waals surface area contributed by atoms with Crippen molar-refractivity contribution < 1.29 is 24.4 Å². The van der Waals surface area contributed by atoms with Gasteiger partial charge in [0.15, 0.2) is 6.23 Å². The van der Waals surface area contributed by atoms with Gasteiger partial charge in [-0.25, -0.2) is 9.59 Å². The van der Waals surface area contributed by atoms with E-state index < -0.39 is 53.9 Å². The Morgan fingerprint density at radius 2 is 1.85 bits per heavy atom. The van der Waals surface area contributed by atoms with E-state index >= 15 is 0 Å². The van der Waals surface area contributed by atoms with Crippen LogP contribution in [0, 0.1) is 5.82 Å². The van der Waals surface area contributed by atoms with Crippen molar-refractivity contribution in [2.24, 2.45) is 0 Å². The average molecular weight is 374 g/mol. The molecule has 4 atom stereocenters. The van der Waals surface area contributed by atoms with Crippen LogP contribution in [0.3, 0.4) is 0 Å². The van der Waals surface area contributed by atoms with Crippen LogP contribution in [0.5, 0.6) is 0 Å². The van der Waals surface area contributed by atoms with E-state index in [2.05, 4.69) is 4.98 Å². The van der Waals surface area contributed by atoms with E-state index in [9.17, 15) is 33.8 Å². The van der Waals surface area contributed by atoms with Gasteiger partial charge in [0.1, 0.15) is 18.3 Å². The zero-order valence-electron chi connectivity index (χ0n) is 13.0. The first-order valence-electron chi connectivity index (χ1n) is 7.16. The molecule has 0 saturated carbocycles. The molecule has 142 valence electrons. The van der Waals surface area contributed by atoms with Gasteiger partial charge in [-0.2, -0.15) is 4.39 Å². The summed E-state index contributed by atoms with van der Waals surface area (Å²) in [5, 5.41) is 28.0. The van der Waals surface area contributed by atoms with Crippen molar-refractivity contribution in [2.45, 2.75) is 24.5 Å². The lowest BCUT2D eigenvalue weighted by Gasteiger charge is -2.16. The van der Waals surface area contributed by atoms with E-state index in [4.69, 9.17) is 9.84 Å². The Morgan fingerprint density at radius 1 is 1.15 bits per heavy atom. The molecule has 2 aromatic heterocycles. The van der Waals surface area contributed by atoms with Crippen LogP contribution in [0.4, 0.5) is 4.39 Å². The molecule has 0 amide bonds. The van der Waals surface area contributed by atoms with Crippen molar-refractivity contribution in [3.63, 3.8) is 0 Å². The minimum Gasteiger partial charge on any atom is -0.394 e. The van der Waals surface area contributed by atoms with Crippen molar-refractivity contribution in [1.82, 2.24) is 19.5 Å². The molecule has 0 aromatic carbocycles. The number of aliphatic hydroxyl groups excluding tert-OH is 3. The van der Waals surface area contributed by atoms with Crippen molar-refractivity contribution >= 4 is 0 Å². The van der Waals surface area contributed by atoms with Crippen LogP contribution in [0.15, 0.2) is 37.6 Å². The lowest BCUT2D eigenvalue weighted by molar-refractivity contribution is -0.0554. The van der Waals surface area contributed by atoms with Crippen LogP contribution in [-0.4, -0.2) is 59.8 Å². The summed E-state index contributed by atoms with van der Waals surface area (Å²) >= 11 is 0. The van der Waals surface area contributed by atoms with Gasteiger partial charge < -0.3 is 25.0 Å². The summed E-state index contributed by atoms with van der Waals surface area (Å²) in [6.45, 7) is -0.574. The second-order valence-corrected chi connectivity index (χ2v) is 5.17. The van der Waals surface area contributed by atoms with Gasteiger partial charge in [-0.3, -0.25) is 24.1 Å². The molecule has 0 radical (unpaired) electrons. The minimum atomic E-state index is -1.52. The zero-order chi connectivity index (χ0) is 19.4. The Hall–Kier alpha value is -2.87. The summed E-state index contributed by atoms with van der Waals surface area (Å²) in [6.07, 6.45) is -3.54. The lowest BCUT2D eigenvalue weighted by atomic mass is 10.1. The predicted molar refractivity (Wildman–Crippen MR) is 82.0 cm³/mol. The van der Waals surface area contributed by atoms with Crippen LogP contribution < -0.4 is 22.5 Å². The van der Waals surface area contributed by atoms with Crippen molar-refractivity contribution in [3.05, 3.63) is 66.0 Å². The number of ether oxygens (including phenoxy) is 1. The lowest BCUT2D eigenvalue weighted by Crippen LogP contribution is -2.38. The number of hydrogen-bond acceptors (Lipinski definition) is 8. The first-order chi connectivity index (χ1) is 12.2. The molecule has 2 aromatic rings. The smallest absolute Gasteiger partial charge is 0.330 e. The molecule has 13 heteroatoms. The van der Waals surface area contributed by atoms with Crippen LogP contribution in [0.1, 0.15) is 6.23 Å². The van der Waals surface area contributed by atoms with Crippen molar-refractivity contribution in [1.29, 1.82) is 0 Å². The van der Waals surface area contributed by atoms with Crippen LogP contribution in [0.2, 0.25) is 0 Å². The number of nitrogens with one attached hydrogen (secondary N) is 3. The third-order valence-corrected chi connectivity index (χ3v) is 3.40. The molecule has 6 N–H and O–H groups in total. The number of rotatable bonds is 2. The number of aliphatic hydroxyl groups is 3. The Balaban J connectivity index is 0.000000254. The van der Waals surface area contributed by atoms with Gasteiger partial charge in [0.05, 0.1) is 12.8 Å². The van der Waals surface area contributed by atoms with E-state index in [1.807, 2.05) is 4.98 Å². The highest BCUT2D eigenvalue weighted by molar-refractivity contribution is 4.94. The number of H-pyrrole nitrogens is 3.